The van der Waals surface area contributed by atoms with Gasteiger partial charge in [0.25, 0.3) is 11.5 Å². The van der Waals surface area contributed by atoms with Crippen LogP contribution in [0.4, 0.5) is 5.69 Å². The van der Waals surface area contributed by atoms with Gasteiger partial charge >= 0.3 is 0 Å². The number of amides is 1. The Labute approximate surface area is 112 Å². The summed E-state index contributed by atoms with van der Waals surface area (Å²) < 4.78 is 0. The van der Waals surface area contributed by atoms with E-state index in [4.69, 9.17) is 23.2 Å². The Morgan fingerprint density at radius 2 is 2.11 bits per heavy atom. The second kappa shape index (κ2) is 5.20. The third-order valence-corrected chi connectivity index (χ3v) is 2.63. The average Bonchev–Trinajstić information content (AvgIpc) is 2.33. The highest BCUT2D eigenvalue weighted by Gasteiger charge is 2.10. The molecule has 0 fully saturated rings. The van der Waals surface area contributed by atoms with Crippen LogP contribution < -0.4 is 10.9 Å². The van der Waals surface area contributed by atoms with Gasteiger partial charge < -0.3 is 10.3 Å². The number of benzene rings is 1. The van der Waals surface area contributed by atoms with Crippen LogP contribution in [0.25, 0.3) is 0 Å². The summed E-state index contributed by atoms with van der Waals surface area (Å²) in [5.74, 6) is -0.476. The van der Waals surface area contributed by atoms with Crippen molar-refractivity contribution in [2.45, 2.75) is 0 Å². The number of hydrogen-bond acceptors (Lipinski definition) is 3. The summed E-state index contributed by atoms with van der Waals surface area (Å²) in [6.07, 6.45) is 2.25. The number of rotatable bonds is 2. The lowest BCUT2D eigenvalue weighted by Gasteiger charge is -2.06. The maximum atomic E-state index is 11.8. The molecule has 7 heteroatoms. The number of anilines is 1. The van der Waals surface area contributed by atoms with Crippen molar-refractivity contribution in [2.75, 3.05) is 5.32 Å². The minimum Gasteiger partial charge on any atom is -0.325 e. The van der Waals surface area contributed by atoms with Crippen molar-refractivity contribution in [3.05, 3.63) is 56.7 Å². The van der Waals surface area contributed by atoms with Crippen LogP contribution in [0, 0.1) is 0 Å². The predicted molar refractivity (Wildman–Crippen MR) is 69.3 cm³/mol. The molecule has 0 bridgehead atoms. The van der Waals surface area contributed by atoms with Crippen LogP contribution in [-0.4, -0.2) is 15.9 Å². The SMILES string of the molecule is O=C(Nc1ccc(Cl)cc1Cl)c1c[nH]c(=O)cn1. The lowest BCUT2D eigenvalue weighted by Crippen LogP contribution is -2.17. The van der Waals surface area contributed by atoms with Crippen LogP contribution >= 0.6 is 23.2 Å². The van der Waals surface area contributed by atoms with E-state index in [9.17, 15) is 9.59 Å². The van der Waals surface area contributed by atoms with Crippen LogP contribution in [0.15, 0.2) is 35.4 Å². The summed E-state index contributed by atoms with van der Waals surface area (Å²) in [5, 5.41) is 3.35. The first-order chi connectivity index (χ1) is 8.56. The lowest BCUT2D eigenvalue weighted by molar-refractivity contribution is 0.102. The maximum Gasteiger partial charge on any atom is 0.275 e. The largest absolute Gasteiger partial charge is 0.325 e. The van der Waals surface area contributed by atoms with Crippen LogP contribution in [0.2, 0.25) is 10.0 Å². The molecule has 0 aliphatic carbocycles. The quantitative estimate of drug-likeness (QED) is 0.888. The van der Waals surface area contributed by atoms with E-state index in [1.54, 1.807) is 12.1 Å². The van der Waals surface area contributed by atoms with Crippen molar-refractivity contribution in [2.24, 2.45) is 0 Å². The molecule has 1 heterocycles. The van der Waals surface area contributed by atoms with Crippen molar-refractivity contribution < 1.29 is 4.79 Å². The highest BCUT2D eigenvalue weighted by molar-refractivity contribution is 6.36. The van der Waals surface area contributed by atoms with E-state index in [1.165, 1.54) is 12.3 Å². The molecular weight excluding hydrogens is 277 g/mol. The number of carbonyl (C=O) groups excluding carboxylic acids is 1. The van der Waals surface area contributed by atoms with Gasteiger partial charge in [-0.25, -0.2) is 4.98 Å². The summed E-state index contributed by atoms with van der Waals surface area (Å²) in [6, 6.07) is 4.69. The highest BCUT2D eigenvalue weighted by Crippen LogP contribution is 2.25. The number of hydrogen-bond donors (Lipinski definition) is 2. The van der Waals surface area contributed by atoms with Crippen molar-refractivity contribution in [3.8, 4) is 0 Å². The van der Waals surface area contributed by atoms with E-state index in [0.717, 1.165) is 6.20 Å². The summed E-state index contributed by atoms with van der Waals surface area (Å²) >= 11 is 11.6. The monoisotopic (exact) mass is 283 g/mol. The first-order valence-electron chi connectivity index (χ1n) is 4.87. The van der Waals surface area contributed by atoms with Crippen molar-refractivity contribution in [1.29, 1.82) is 0 Å². The van der Waals surface area contributed by atoms with Gasteiger partial charge in [-0.3, -0.25) is 9.59 Å². The van der Waals surface area contributed by atoms with Gasteiger partial charge in [0.1, 0.15) is 5.69 Å². The van der Waals surface area contributed by atoms with Gasteiger partial charge in [-0.15, -0.1) is 0 Å². The van der Waals surface area contributed by atoms with Gasteiger partial charge in [0.05, 0.1) is 16.9 Å². The van der Waals surface area contributed by atoms with E-state index in [1.807, 2.05) is 0 Å². The molecule has 1 amide bonds. The van der Waals surface area contributed by atoms with E-state index in [0.29, 0.717) is 15.7 Å². The second-order valence-electron chi connectivity index (χ2n) is 3.37. The first-order valence-corrected chi connectivity index (χ1v) is 5.63. The first kappa shape index (κ1) is 12.6. The topological polar surface area (TPSA) is 74.8 Å². The zero-order valence-electron chi connectivity index (χ0n) is 8.91. The maximum absolute atomic E-state index is 11.8. The third kappa shape index (κ3) is 2.88. The fourth-order valence-corrected chi connectivity index (χ4v) is 1.70. The zero-order valence-corrected chi connectivity index (χ0v) is 10.4. The highest BCUT2D eigenvalue weighted by atomic mass is 35.5. The smallest absolute Gasteiger partial charge is 0.275 e. The fourth-order valence-electron chi connectivity index (χ4n) is 1.24. The number of nitrogens with one attached hydrogen (secondary N) is 2. The predicted octanol–water partition coefficient (Wildman–Crippen LogP) is 2.33. The van der Waals surface area contributed by atoms with Gasteiger partial charge in [0, 0.05) is 11.2 Å². The summed E-state index contributed by atoms with van der Waals surface area (Å²) in [6.45, 7) is 0. The number of halogens is 2. The summed E-state index contributed by atoms with van der Waals surface area (Å²) in [4.78, 5) is 28.6. The van der Waals surface area contributed by atoms with E-state index < -0.39 is 5.91 Å². The molecule has 1 aromatic carbocycles. The average molecular weight is 284 g/mol. The van der Waals surface area contributed by atoms with Crippen LogP contribution in [-0.2, 0) is 0 Å². The molecule has 0 radical (unpaired) electrons. The Kier molecular flexibility index (Phi) is 3.64. The molecule has 0 aliphatic rings. The van der Waals surface area contributed by atoms with Crippen LogP contribution in [0.5, 0.6) is 0 Å². The molecule has 5 nitrogen and oxygen atoms in total. The van der Waals surface area contributed by atoms with Crippen molar-refractivity contribution >= 4 is 34.8 Å². The van der Waals surface area contributed by atoms with Gasteiger partial charge in [-0.1, -0.05) is 23.2 Å². The number of carbonyl (C=O) groups is 1. The van der Waals surface area contributed by atoms with Crippen LogP contribution in [0.1, 0.15) is 10.5 Å². The summed E-state index contributed by atoms with van der Waals surface area (Å²) in [5.41, 5.74) is 0.121. The van der Waals surface area contributed by atoms with Gasteiger partial charge in [-0.2, -0.15) is 0 Å². The number of aromatic nitrogens is 2. The Morgan fingerprint density at radius 3 is 2.72 bits per heavy atom. The Hall–Kier alpha value is -1.85. The van der Waals surface area contributed by atoms with Gasteiger partial charge in [0.2, 0.25) is 0 Å². The number of H-pyrrole nitrogens is 1. The van der Waals surface area contributed by atoms with Crippen LogP contribution in [0.3, 0.4) is 0 Å². The Morgan fingerprint density at radius 1 is 1.33 bits per heavy atom. The molecule has 92 valence electrons. The molecular formula is C11H7Cl2N3O2. The second-order valence-corrected chi connectivity index (χ2v) is 4.22. The number of aromatic amines is 1. The minimum atomic E-state index is -0.476. The Bertz CT molecular complexity index is 634. The molecule has 18 heavy (non-hydrogen) atoms. The lowest BCUT2D eigenvalue weighted by atomic mass is 10.3. The molecule has 0 saturated heterocycles. The summed E-state index contributed by atoms with van der Waals surface area (Å²) in [7, 11) is 0. The van der Waals surface area contributed by atoms with Gasteiger partial charge in [0.15, 0.2) is 0 Å². The van der Waals surface area contributed by atoms with E-state index >= 15 is 0 Å². The molecule has 0 spiro atoms. The standard InChI is InChI=1S/C11H7Cl2N3O2/c12-6-1-2-8(7(13)3-6)16-11(18)9-4-15-10(17)5-14-9/h1-5H,(H,15,17)(H,16,18). The molecule has 2 rings (SSSR count). The number of nitrogens with zero attached hydrogens (tertiary/aromatic N) is 1. The zero-order chi connectivity index (χ0) is 13.1. The fraction of sp³-hybridized carbons (Fsp3) is 0. The van der Waals surface area contributed by atoms with E-state index in [-0.39, 0.29) is 11.3 Å². The molecule has 2 N–H and O–H groups in total. The van der Waals surface area contributed by atoms with Crippen molar-refractivity contribution in [3.63, 3.8) is 0 Å². The van der Waals surface area contributed by atoms with Crippen molar-refractivity contribution in [1.82, 2.24) is 9.97 Å². The normalized spacial score (nSPS) is 10.1. The molecule has 2 aromatic rings. The molecule has 1 aromatic heterocycles. The van der Waals surface area contributed by atoms with E-state index in [2.05, 4.69) is 15.3 Å². The molecule has 0 saturated carbocycles. The molecule has 0 aliphatic heterocycles. The molecule has 0 unspecified atom stereocenters. The third-order valence-electron chi connectivity index (χ3n) is 2.08. The Balaban J connectivity index is 2.21. The van der Waals surface area contributed by atoms with Gasteiger partial charge in [-0.05, 0) is 18.2 Å². The molecule has 0 atom stereocenters. The minimum absolute atomic E-state index is 0.0839.